The normalized spacial score (nSPS) is 11.9. The Morgan fingerprint density at radius 1 is 1.35 bits per heavy atom. The molecule has 2 rings (SSSR count). The standard InChI is InChI=1S/C15H19N3OS/c1-4-16-15(19)12-5-7-13(8-6-12)18-11(3)14-10(2)17-9-20-14/h5-9,11,18H,4H2,1-3H3,(H,16,19). The van der Waals surface area contributed by atoms with Crippen LogP contribution in [0.4, 0.5) is 5.69 Å². The molecule has 1 unspecified atom stereocenters. The number of hydrogen-bond donors (Lipinski definition) is 2. The minimum Gasteiger partial charge on any atom is -0.378 e. The van der Waals surface area contributed by atoms with E-state index in [0.717, 1.165) is 11.4 Å². The maximum absolute atomic E-state index is 11.7. The van der Waals surface area contributed by atoms with Crippen LogP contribution >= 0.6 is 11.3 Å². The fourth-order valence-corrected chi connectivity index (χ4v) is 2.83. The SMILES string of the molecule is CCNC(=O)c1ccc(NC(C)c2scnc2C)cc1. The molecular weight excluding hydrogens is 270 g/mol. The Bertz CT molecular complexity index is 577. The molecule has 1 amide bonds. The molecule has 0 aliphatic rings. The van der Waals surface area contributed by atoms with E-state index in [9.17, 15) is 4.79 Å². The molecule has 1 atom stereocenters. The monoisotopic (exact) mass is 289 g/mol. The fraction of sp³-hybridized carbons (Fsp3) is 0.333. The third-order valence-electron chi connectivity index (χ3n) is 3.04. The van der Waals surface area contributed by atoms with E-state index in [1.54, 1.807) is 11.3 Å². The predicted molar refractivity (Wildman–Crippen MR) is 83.3 cm³/mol. The number of hydrogen-bond acceptors (Lipinski definition) is 4. The third kappa shape index (κ3) is 3.36. The summed E-state index contributed by atoms with van der Waals surface area (Å²) in [6, 6.07) is 7.73. The number of anilines is 1. The molecule has 0 saturated carbocycles. The number of thiazole rings is 1. The molecule has 2 N–H and O–H groups in total. The van der Waals surface area contributed by atoms with Crippen LogP contribution in [0.2, 0.25) is 0 Å². The van der Waals surface area contributed by atoms with Gasteiger partial charge in [0.05, 0.1) is 17.2 Å². The van der Waals surface area contributed by atoms with Gasteiger partial charge in [0, 0.05) is 22.7 Å². The summed E-state index contributed by atoms with van der Waals surface area (Å²) in [7, 11) is 0. The molecule has 2 aromatic rings. The summed E-state index contributed by atoms with van der Waals surface area (Å²) in [4.78, 5) is 17.2. The highest BCUT2D eigenvalue weighted by atomic mass is 32.1. The van der Waals surface area contributed by atoms with E-state index >= 15 is 0 Å². The summed E-state index contributed by atoms with van der Waals surface area (Å²) >= 11 is 1.65. The van der Waals surface area contributed by atoms with Crippen LogP contribution in [0.1, 0.15) is 40.8 Å². The van der Waals surface area contributed by atoms with Crippen LogP contribution in [0.15, 0.2) is 29.8 Å². The van der Waals surface area contributed by atoms with Crippen molar-refractivity contribution in [3.8, 4) is 0 Å². The first-order valence-electron chi connectivity index (χ1n) is 6.66. The van der Waals surface area contributed by atoms with Gasteiger partial charge in [-0.05, 0) is 45.0 Å². The third-order valence-corrected chi connectivity index (χ3v) is 4.16. The molecule has 106 valence electrons. The first kappa shape index (κ1) is 14.5. The number of carbonyl (C=O) groups excluding carboxylic acids is 1. The molecule has 0 aliphatic heterocycles. The maximum atomic E-state index is 11.7. The molecule has 4 nitrogen and oxygen atoms in total. The Hall–Kier alpha value is -1.88. The highest BCUT2D eigenvalue weighted by molar-refractivity contribution is 7.09. The summed E-state index contributed by atoms with van der Waals surface area (Å²) in [5, 5.41) is 6.21. The minimum absolute atomic E-state index is 0.0367. The molecule has 20 heavy (non-hydrogen) atoms. The van der Waals surface area contributed by atoms with Gasteiger partial charge in [-0.1, -0.05) is 0 Å². The van der Waals surface area contributed by atoms with Crippen LogP contribution < -0.4 is 10.6 Å². The molecule has 1 aromatic carbocycles. The van der Waals surface area contributed by atoms with Gasteiger partial charge >= 0.3 is 0 Å². The van der Waals surface area contributed by atoms with Crippen molar-refractivity contribution in [3.63, 3.8) is 0 Å². The van der Waals surface area contributed by atoms with E-state index in [0.29, 0.717) is 12.1 Å². The highest BCUT2D eigenvalue weighted by Crippen LogP contribution is 2.25. The van der Waals surface area contributed by atoms with Crippen LogP contribution in [-0.2, 0) is 0 Å². The van der Waals surface area contributed by atoms with Crippen molar-refractivity contribution in [3.05, 3.63) is 45.9 Å². The first-order valence-corrected chi connectivity index (χ1v) is 7.54. The number of aryl methyl sites for hydroxylation is 1. The summed E-state index contributed by atoms with van der Waals surface area (Å²) in [6.45, 7) is 6.67. The smallest absolute Gasteiger partial charge is 0.251 e. The van der Waals surface area contributed by atoms with E-state index in [1.165, 1.54) is 4.88 Å². The Labute approximate surface area is 123 Å². The van der Waals surface area contributed by atoms with Crippen LogP contribution in [0, 0.1) is 6.92 Å². The van der Waals surface area contributed by atoms with E-state index in [4.69, 9.17) is 0 Å². The van der Waals surface area contributed by atoms with Gasteiger partial charge in [0.2, 0.25) is 0 Å². The molecule has 0 fully saturated rings. The molecule has 0 saturated heterocycles. The van der Waals surface area contributed by atoms with E-state index in [-0.39, 0.29) is 11.9 Å². The zero-order valence-corrected chi connectivity index (χ0v) is 12.8. The minimum atomic E-state index is -0.0367. The van der Waals surface area contributed by atoms with Crippen LogP contribution in [0.5, 0.6) is 0 Å². The number of nitrogens with zero attached hydrogens (tertiary/aromatic N) is 1. The van der Waals surface area contributed by atoms with Gasteiger partial charge < -0.3 is 10.6 Å². The molecule has 1 aromatic heterocycles. The van der Waals surface area contributed by atoms with Crippen molar-refractivity contribution in [2.24, 2.45) is 0 Å². The second-order valence-corrected chi connectivity index (χ2v) is 5.49. The average Bonchev–Trinajstić information content (AvgIpc) is 2.86. The lowest BCUT2D eigenvalue weighted by Gasteiger charge is -2.14. The van der Waals surface area contributed by atoms with Crippen molar-refractivity contribution < 1.29 is 4.79 Å². The average molecular weight is 289 g/mol. The molecule has 0 bridgehead atoms. The quantitative estimate of drug-likeness (QED) is 0.887. The largest absolute Gasteiger partial charge is 0.378 e. The van der Waals surface area contributed by atoms with E-state index < -0.39 is 0 Å². The second kappa shape index (κ2) is 6.52. The topological polar surface area (TPSA) is 54.0 Å². The van der Waals surface area contributed by atoms with Gasteiger partial charge in [-0.15, -0.1) is 11.3 Å². The number of carbonyl (C=O) groups is 1. The van der Waals surface area contributed by atoms with E-state index in [2.05, 4.69) is 22.5 Å². The lowest BCUT2D eigenvalue weighted by molar-refractivity contribution is 0.0956. The van der Waals surface area contributed by atoms with Gasteiger partial charge in [-0.2, -0.15) is 0 Å². The summed E-state index contributed by atoms with van der Waals surface area (Å²) in [6.07, 6.45) is 0. The Kier molecular flexibility index (Phi) is 4.74. The van der Waals surface area contributed by atoms with Gasteiger partial charge in [0.15, 0.2) is 0 Å². The molecule has 0 aliphatic carbocycles. The van der Waals surface area contributed by atoms with Gasteiger partial charge in [0.1, 0.15) is 0 Å². The Morgan fingerprint density at radius 3 is 2.60 bits per heavy atom. The van der Waals surface area contributed by atoms with Crippen LogP contribution in [-0.4, -0.2) is 17.4 Å². The number of aromatic nitrogens is 1. The van der Waals surface area contributed by atoms with Crippen LogP contribution in [0.3, 0.4) is 0 Å². The Balaban J connectivity index is 2.04. The first-order chi connectivity index (χ1) is 9.61. The van der Waals surface area contributed by atoms with Crippen LogP contribution in [0.25, 0.3) is 0 Å². The molecule has 1 heterocycles. The second-order valence-electron chi connectivity index (χ2n) is 4.60. The lowest BCUT2D eigenvalue weighted by atomic mass is 10.1. The summed E-state index contributed by atoms with van der Waals surface area (Å²) in [5.41, 5.74) is 4.60. The van der Waals surface area contributed by atoms with Crippen molar-refractivity contribution >= 4 is 22.9 Å². The highest BCUT2D eigenvalue weighted by Gasteiger charge is 2.11. The zero-order valence-electron chi connectivity index (χ0n) is 11.9. The lowest BCUT2D eigenvalue weighted by Crippen LogP contribution is -2.22. The molecule has 0 spiro atoms. The summed E-state index contributed by atoms with van der Waals surface area (Å²) in [5.74, 6) is -0.0367. The molecule has 5 heteroatoms. The number of nitrogens with one attached hydrogen (secondary N) is 2. The molecule has 0 radical (unpaired) electrons. The number of amides is 1. The van der Waals surface area contributed by atoms with Gasteiger partial charge in [-0.3, -0.25) is 4.79 Å². The van der Waals surface area contributed by atoms with Crippen molar-refractivity contribution in [1.29, 1.82) is 0 Å². The van der Waals surface area contributed by atoms with Crippen molar-refractivity contribution in [2.45, 2.75) is 26.8 Å². The van der Waals surface area contributed by atoms with Gasteiger partial charge in [-0.25, -0.2) is 4.98 Å². The predicted octanol–water partition coefficient (Wildman–Crippen LogP) is 3.37. The Morgan fingerprint density at radius 2 is 2.05 bits per heavy atom. The van der Waals surface area contributed by atoms with Crippen molar-refractivity contribution in [1.82, 2.24) is 10.3 Å². The number of benzene rings is 1. The fourth-order valence-electron chi connectivity index (χ4n) is 2.02. The maximum Gasteiger partial charge on any atom is 0.251 e. The summed E-state index contributed by atoms with van der Waals surface area (Å²) < 4.78 is 0. The van der Waals surface area contributed by atoms with Gasteiger partial charge in [0.25, 0.3) is 5.91 Å². The number of rotatable bonds is 5. The zero-order chi connectivity index (χ0) is 14.5. The van der Waals surface area contributed by atoms with Crippen molar-refractivity contribution in [2.75, 3.05) is 11.9 Å². The molecular formula is C15H19N3OS. The van der Waals surface area contributed by atoms with E-state index in [1.807, 2.05) is 43.6 Å².